The molecule has 2 aromatic carbocycles. The van der Waals surface area contributed by atoms with E-state index in [1.54, 1.807) is 0 Å². The molecule has 0 fully saturated rings. The van der Waals surface area contributed by atoms with E-state index in [0.29, 0.717) is 23.0 Å². The third kappa shape index (κ3) is 2.99. The Labute approximate surface area is 164 Å². The average Bonchev–Trinajstić information content (AvgIpc) is 2.69. The number of rotatable bonds is 5. The maximum atomic E-state index is 10.5. The molecule has 3 rings (SSSR count). The molecular formula is C22H26O6. The number of fused-ring (bicyclic) bond motifs is 1. The number of hydrogen-bond donors (Lipinski definition) is 2. The molecule has 0 aliphatic heterocycles. The van der Waals surface area contributed by atoms with Gasteiger partial charge in [0.1, 0.15) is 0 Å². The predicted molar refractivity (Wildman–Crippen MR) is 107 cm³/mol. The second-order valence-corrected chi connectivity index (χ2v) is 6.89. The summed E-state index contributed by atoms with van der Waals surface area (Å²) >= 11 is 0. The maximum absolute atomic E-state index is 10.5. The summed E-state index contributed by atoms with van der Waals surface area (Å²) in [7, 11) is 6.05. The molecule has 0 aromatic heterocycles. The zero-order chi connectivity index (χ0) is 20.6. The lowest BCUT2D eigenvalue weighted by Gasteiger charge is -2.33. The minimum atomic E-state index is -0.0770. The molecule has 0 bridgehead atoms. The first-order valence-electron chi connectivity index (χ1n) is 8.98. The SMILES string of the molecule is COc1cc(C2c3cc(OC)c(O)c(OC)c3C=C(C)[C@@H]2C)cc(OC)c1O. The van der Waals surface area contributed by atoms with E-state index in [0.717, 1.165) is 22.3 Å². The number of benzene rings is 2. The molecule has 0 radical (unpaired) electrons. The normalized spacial score (nSPS) is 18.1. The van der Waals surface area contributed by atoms with Gasteiger partial charge in [0.15, 0.2) is 23.0 Å². The first-order chi connectivity index (χ1) is 13.4. The Morgan fingerprint density at radius 2 is 1.32 bits per heavy atom. The molecule has 0 amide bonds. The monoisotopic (exact) mass is 386 g/mol. The number of ether oxygens (including phenoxy) is 4. The second kappa shape index (κ2) is 7.54. The van der Waals surface area contributed by atoms with Crippen molar-refractivity contribution in [2.45, 2.75) is 19.8 Å². The van der Waals surface area contributed by atoms with Crippen LogP contribution in [0.3, 0.4) is 0 Å². The summed E-state index contributed by atoms with van der Waals surface area (Å²) in [6.45, 7) is 4.19. The summed E-state index contributed by atoms with van der Waals surface area (Å²) in [4.78, 5) is 0. The van der Waals surface area contributed by atoms with Crippen molar-refractivity contribution in [3.63, 3.8) is 0 Å². The van der Waals surface area contributed by atoms with Crippen LogP contribution in [0.4, 0.5) is 0 Å². The van der Waals surface area contributed by atoms with E-state index < -0.39 is 0 Å². The Bertz CT molecular complexity index is 906. The fourth-order valence-electron chi connectivity index (χ4n) is 3.88. The molecule has 150 valence electrons. The third-order valence-corrected chi connectivity index (χ3v) is 5.50. The summed E-state index contributed by atoms with van der Waals surface area (Å²) in [6, 6.07) is 5.46. The third-order valence-electron chi connectivity index (χ3n) is 5.50. The van der Waals surface area contributed by atoms with Gasteiger partial charge >= 0.3 is 0 Å². The topological polar surface area (TPSA) is 77.4 Å². The van der Waals surface area contributed by atoms with Crippen LogP contribution in [0.1, 0.15) is 36.5 Å². The predicted octanol–water partition coefficient (Wildman–Crippen LogP) is 4.32. The van der Waals surface area contributed by atoms with E-state index in [1.807, 2.05) is 24.3 Å². The largest absolute Gasteiger partial charge is 0.502 e. The Morgan fingerprint density at radius 1 is 0.786 bits per heavy atom. The number of phenolic OH excluding ortho intramolecular Hbond substituents is 2. The van der Waals surface area contributed by atoms with Crippen molar-refractivity contribution in [2.75, 3.05) is 28.4 Å². The number of hydrogen-bond acceptors (Lipinski definition) is 6. The zero-order valence-electron chi connectivity index (χ0n) is 17.0. The summed E-state index contributed by atoms with van der Waals surface area (Å²) in [6.07, 6.45) is 2.03. The van der Waals surface area contributed by atoms with Gasteiger partial charge < -0.3 is 29.2 Å². The van der Waals surface area contributed by atoms with Crippen LogP contribution in [0.25, 0.3) is 6.08 Å². The van der Waals surface area contributed by atoms with Gasteiger partial charge in [0.2, 0.25) is 11.5 Å². The molecule has 2 atom stereocenters. The molecule has 1 aliphatic carbocycles. The van der Waals surface area contributed by atoms with Gasteiger partial charge in [-0.25, -0.2) is 0 Å². The van der Waals surface area contributed by atoms with E-state index >= 15 is 0 Å². The standard InChI is InChI=1S/C22H26O6/c1-11-7-15-14(10-18(27-5)21(24)22(15)28-6)19(12(11)2)13-8-16(25-3)20(23)17(9-13)26-4/h7-10,12,19,23-24H,1-6H3/t12-,19?/m0/s1. The summed E-state index contributed by atoms with van der Waals surface area (Å²) < 4.78 is 21.6. The van der Waals surface area contributed by atoms with Crippen molar-refractivity contribution in [3.8, 4) is 34.5 Å². The van der Waals surface area contributed by atoms with Gasteiger partial charge in [-0.15, -0.1) is 0 Å². The molecule has 28 heavy (non-hydrogen) atoms. The average molecular weight is 386 g/mol. The molecule has 1 aliphatic rings. The van der Waals surface area contributed by atoms with Gasteiger partial charge in [-0.3, -0.25) is 0 Å². The van der Waals surface area contributed by atoms with Crippen molar-refractivity contribution >= 4 is 6.08 Å². The van der Waals surface area contributed by atoms with Gasteiger partial charge in [0.25, 0.3) is 0 Å². The lowest BCUT2D eigenvalue weighted by Crippen LogP contribution is -2.18. The van der Waals surface area contributed by atoms with Gasteiger partial charge in [0, 0.05) is 11.5 Å². The Morgan fingerprint density at radius 3 is 1.82 bits per heavy atom. The van der Waals surface area contributed by atoms with Gasteiger partial charge in [-0.1, -0.05) is 18.6 Å². The maximum Gasteiger partial charge on any atom is 0.201 e. The Balaban J connectivity index is 2.31. The molecular weight excluding hydrogens is 360 g/mol. The van der Waals surface area contributed by atoms with Crippen LogP contribution in [-0.2, 0) is 0 Å². The molecule has 0 saturated heterocycles. The van der Waals surface area contributed by atoms with E-state index in [1.165, 1.54) is 28.4 Å². The molecule has 6 nitrogen and oxygen atoms in total. The van der Waals surface area contributed by atoms with Crippen molar-refractivity contribution in [1.29, 1.82) is 0 Å². The van der Waals surface area contributed by atoms with E-state index in [2.05, 4.69) is 13.8 Å². The summed E-state index contributed by atoms with van der Waals surface area (Å²) in [5.74, 6) is 1.42. The highest BCUT2D eigenvalue weighted by molar-refractivity contribution is 5.74. The van der Waals surface area contributed by atoms with Crippen LogP contribution in [0, 0.1) is 5.92 Å². The number of methoxy groups -OCH3 is 4. The number of phenols is 2. The van der Waals surface area contributed by atoms with Crippen molar-refractivity contribution in [3.05, 3.63) is 40.5 Å². The fraction of sp³-hybridized carbons (Fsp3) is 0.364. The highest BCUT2D eigenvalue weighted by atomic mass is 16.5. The smallest absolute Gasteiger partial charge is 0.201 e. The molecule has 6 heteroatoms. The molecule has 2 aromatic rings. The zero-order valence-corrected chi connectivity index (χ0v) is 17.0. The Hall–Kier alpha value is -3.02. The second-order valence-electron chi connectivity index (χ2n) is 6.89. The van der Waals surface area contributed by atoms with Crippen LogP contribution in [-0.4, -0.2) is 38.7 Å². The van der Waals surface area contributed by atoms with Crippen LogP contribution in [0.15, 0.2) is 23.8 Å². The first-order valence-corrected chi connectivity index (χ1v) is 8.98. The van der Waals surface area contributed by atoms with Gasteiger partial charge in [-0.05, 0) is 42.2 Å². The molecule has 2 N–H and O–H groups in total. The highest BCUT2D eigenvalue weighted by Crippen LogP contribution is 2.52. The van der Waals surface area contributed by atoms with Crippen molar-refractivity contribution < 1.29 is 29.2 Å². The highest BCUT2D eigenvalue weighted by Gasteiger charge is 2.33. The van der Waals surface area contributed by atoms with Crippen molar-refractivity contribution in [1.82, 2.24) is 0 Å². The van der Waals surface area contributed by atoms with Crippen LogP contribution >= 0.6 is 0 Å². The molecule has 0 saturated carbocycles. The lowest BCUT2D eigenvalue weighted by atomic mass is 9.72. The number of allylic oxidation sites excluding steroid dienone is 1. The van der Waals surface area contributed by atoms with Gasteiger partial charge in [0.05, 0.1) is 28.4 Å². The molecule has 1 unspecified atom stereocenters. The summed E-state index contributed by atoms with van der Waals surface area (Å²) in [5.41, 5.74) is 3.83. The van der Waals surface area contributed by atoms with Gasteiger partial charge in [-0.2, -0.15) is 0 Å². The van der Waals surface area contributed by atoms with E-state index in [9.17, 15) is 10.2 Å². The van der Waals surface area contributed by atoms with Crippen LogP contribution < -0.4 is 18.9 Å². The van der Waals surface area contributed by atoms with Crippen LogP contribution in [0.5, 0.6) is 34.5 Å². The quantitative estimate of drug-likeness (QED) is 0.797. The minimum absolute atomic E-state index is 0.0260. The van der Waals surface area contributed by atoms with E-state index in [-0.39, 0.29) is 23.3 Å². The fourth-order valence-corrected chi connectivity index (χ4v) is 3.88. The lowest BCUT2D eigenvalue weighted by molar-refractivity contribution is 0.336. The minimum Gasteiger partial charge on any atom is -0.502 e. The Kier molecular flexibility index (Phi) is 5.31. The molecule has 0 spiro atoms. The first kappa shape index (κ1) is 19.7. The number of aromatic hydroxyl groups is 2. The van der Waals surface area contributed by atoms with E-state index in [4.69, 9.17) is 18.9 Å². The summed E-state index contributed by atoms with van der Waals surface area (Å²) in [5, 5.41) is 20.8. The van der Waals surface area contributed by atoms with Crippen LogP contribution in [0.2, 0.25) is 0 Å². The molecule has 0 heterocycles. The van der Waals surface area contributed by atoms with Crippen molar-refractivity contribution in [2.24, 2.45) is 5.92 Å².